The van der Waals surface area contributed by atoms with E-state index in [9.17, 15) is 19.7 Å². The maximum absolute atomic E-state index is 12.0. The van der Waals surface area contributed by atoms with Gasteiger partial charge in [-0.25, -0.2) is 4.98 Å². The van der Waals surface area contributed by atoms with Gasteiger partial charge in [0, 0.05) is 23.9 Å². The van der Waals surface area contributed by atoms with E-state index in [1.54, 1.807) is 0 Å². The number of nitrogens with zero attached hydrogens (tertiary/aromatic N) is 2. The van der Waals surface area contributed by atoms with E-state index >= 15 is 0 Å². The monoisotopic (exact) mass is 369 g/mol. The van der Waals surface area contributed by atoms with E-state index in [0.717, 1.165) is 11.3 Å². The molecule has 1 aromatic carbocycles. The molecule has 1 N–H and O–H groups in total. The van der Waals surface area contributed by atoms with Crippen LogP contribution in [-0.4, -0.2) is 21.6 Å². The highest BCUT2D eigenvalue weighted by Gasteiger charge is 2.17. The van der Waals surface area contributed by atoms with Crippen LogP contribution in [0.2, 0.25) is 0 Å². The van der Waals surface area contributed by atoms with Crippen molar-refractivity contribution in [3.63, 3.8) is 0 Å². The molecule has 0 fully saturated rings. The van der Waals surface area contributed by atoms with Crippen molar-refractivity contribution in [2.45, 2.75) is 6.92 Å². The number of carbonyl (C=O) groups is 2. The smallest absolute Gasteiger partial charge is 0.284 e. The molecule has 0 aliphatic heterocycles. The fourth-order valence-corrected chi connectivity index (χ4v) is 2.59. The molecule has 1 aromatic heterocycles. The number of hydrogen-bond acceptors (Lipinski definition) is 6. The van der Waals surface area contributed by atoms with E-state index in [0.29, 0.717) is 0 Å². The van der Waals surface area contributed by atoms with Crippen molar-refractivity contribution in [3.05, 3.63) is 49.4 Å². The lowest BCUT2D eigenvalue weighted by Gasteiger charge is -2.02. The van der Waals surface area contributed by atoms with Crippen LogP contribution in [0.1, 0.15) is 27.8 Å². The van der Waals surface area contributed by atoms with E-state index in [4.69, 9.17) is 0 Å². The molecule has 0 saturated heterocycles. The van der Waals surface area contributed by atoms with Crippen LogP contribution in [0.3, 0.4) is 0 Å². The zero-order valence-electron chi connectivity index (χ0n) is 10.6. The number of thiazole rings is 1. The summed E-state index contributed by atoms with van der Waals surface area (Å²) in [7, 11) is 0. The summed E-state index contributed by atoms with van der Waals surface area (Å²) >= 11 is 4.15. The molecular weight excluding hydrogens is 362 g/mol. The third-order valence-corrected chi connectivity index (χ3v) is 3.92. The van der Waals surface area contributed by atoms with Gasteiger partial charge in [-0.1, -0.05) is 0 Å². The van der Waals surface area contributed by atoms with Crippen molar-refractivity contribution in [2.24, 2.45) is 0 Å². The van der Waals surface area contributed by atoms with Crippen LogP contribution < -0.4 is 5.32 Å². The maximum Gasteiger partial charge on any atom is 0.284 e. The summed E-state index contributed by atoms with van der Waals surface area (Å²) in [4.78, 5) is 37.3. The number of nitrogens with one attached hydrogen (secondary N) is 1. The molecule has 0 radical (unpaired) electrons. The topological polar surface area (TPSA) is 102 Å². The van der Waals surface area contributed by atoms with Crippen LogP contribution in [0.25, 0.3) is 0 Å². The SMILES string of the molecule is CC(=O)c1csc(NC(=O)c2ccc(Br)c([N+](=O)[O-])c2)n1. The summed E-state index contributed by atoms with van der Waals surface area (Å²) in [5, 5.41) is 15.1. The Morgan fingerprint density at radius 1 is 1.43 bits per heavy atom. The van der Waals surface area contributed by atoms with Crippen LogP contribution in [0.15, 0.2) is 28.1 Å². The van der Waals surface area contributed by atoms with Crippen molar-refractivity contribution < 1.29 is 14.5 Å². The van der Waals surface area contributed by atoms with Crippen LogP contribution in [-0.2, 0) is 0 Å². The normalized spacial score (nSPS) is 10.2. The second-order valence-corrected chi connectivity index (χ2v) is 5.68. The Hall–Kier alpha value is -2.13. The molecule has 2 rings (SSSR count). The number of benzene rings is 1. The fourth-order valence-electron chi connectivity index (χ4n) is 1.46. The van der Waals surface area contributed by atoms with E-state index in [-0.39, 0.29) is 32.3 Å². The minimum atomic E-state index is -0.585. The van der Waals surface area contributed by atoms with Crippen LogP contribution in [0, 0.1) is 10.1 Å². The van der Waals surface area contributed by atoms with Crippen molar-refractivity contribution in [2.75, 3.05) is 5.32 Å². The second-order valence-electron chi connectivity index (χ2n) is 3.97. The zero-order chi connectivity index (χ0) is 15.6. The molecule has 0 unspecified atom stereocenters. The third-order valence-electron chi connectivity index (χ3n) is 2.49. The highest BCUT2D eigenvalue weighted by Crippen LogP contribution is 2.26. The van der Waals surface area contributed by atoms with E-state index in [2.05, 4.69) is 26.2 Å². The van der Waals surface area contributed by atoms with Gasteiger partial charge in [-0.3, -0.25) is 25.0 Å². The number of hydrogen-bond donors (Lipinski definition) is 1. The van der Waals surface area contributed by atoms with Crippen LogP contribution in [0.4, 0.5) is 10.8 Å². The van der Waals surface area contributed by atoms with Gasteiger partial charge in [-0.2, -0.15) is 0 Å². The number of halogens is 1. The van der Waals surface area contributed by atoms with Gasteiger partial charge in [0.15, 0.2) is 10.9 Å². The van der Waals surface area contributed by atoms with Gasteiger partial charge in [-0.15, -0.1) is 11.3 Å². The van der Waals surface area contributed by atoms with Gasteiger partial charge in [0.2, 0.25) is 0 Å². The summed E-state index contributed by atoms with van der Waals surface area (Å²) in [6.07, 6.45) is 0. The summed E-state index contributed by atoms with van der Waals surface area (Å²) in [5.41, 5.74) is 0.188. The number of carbonyl (C=O) groups excluding carboxylic acids is 2. The molecule has 108 valence electrons. The molecule has 9 heteroatoms. The van der Waals surface area contributed by atoms with Crippen molar-refractivity contribution in [1.29, 1.82) is 0 Å². The first kappa shape index (κ1) is 15.3. The Morgan fingerprint density at radius 3 is 2.71 bits per heavy atom. The molecule has 1 amide bonds. The fraction of sp³-hybridized carbons (Fsp3) is 0.0833. The van der Waals surface area contributed by atoms with Gasteiger partial charge < -0.3 is 0 Å². The Morgan fingerprint density at radius 2 is 2.14 bits per heavy atom. The Kier molecular flexibility index (Phi) is 4.43. The molecule has 21 heavy (non-hydrogen) atoms. The summed E-state index contributed by atoms with van der Waals surface area (Å²) in [6.45, 7) is 1.37. The summed E-state index contributed by atoms with van der Waals surface area (Å²) in [6, 6.07) is 4.04. The highest BCUT2D eigenvalue weighted by molar-refractivity contribution is 9.10. The molecule has 1 heterocycles. The summed E-state index contributed by atoms with van der Waals surface area (Å²) in [5.74, 6) is -0.735. The van der Waals surface area contributed by atoms with Gasteiger partial charge in [0.1, 0.15) is 5.69 Å². The molecule has 0 bridgehead atoms. The van der Waals surface area contributed by atoms with Crippen molar-refractivity contribution in [3.8, 4) is 0 Å². The molecule has 0 aliphatic carbocycles. The predicted molar refractivity (Wildman–Crippen MR) is 80.9 cm³/mol. The standard InChI is InChI=1S/C12H8BrN3O4S/c1-6(17)9-5-21-12(14-9)15-11(18)7-2-3-8(13)10(4-7)16(19)20/h2-5H,1H3,(H,14,15,18). The first-order valence-electron chi connectivity index (χ1n) is 5.60. The van der Waals surface area contributed by atoms with Crippen molar-refractivity contribution >= 4 is 49.8 Å². The highest BCUT2D eigenvalue weighted by atomic mass is 79.9. The first-order chi connectivity index (χ1) is 9.88. The number of amides is 1. The number of anilines is 1. The number of Topliss-reactive ketones (excluding diaryl/α,β-unsaturated/α-hetero) is 1. The number of rotatable bonds is 4. The molecule has 7 nitrogen and oxygen atoms in total. The lowest BCUT2D eigenvalue weighted by molar-refractivity contribution is -0.385. The number of nitro benzene ring substituents is 1. The van der Waals surface area contributed by atoms with Gasteiger partial charge in [0.25, 0.3) is 11.6 Å². The van der Waals surface area contributed by atoms with Gasteiger partial charge in [0.05, 0.1) is 9.40 Å². The van der Waals surface area contributed by atoms with E-state index < -0.39 is 10.8 Å². The predicted octanol–water partition coefficient (Wildman–Crippen LogP) is 3.27. The van der Waals surface area contributed by atoms with E-state index in [1.165, 1.54) is 30.5 Å². The lowest BCUT2D eigenvalue weighted by atomic mass is 10.2. The number of ketones is 1. The van der Waals surface area contributed by atoms with Crippen molar-refractivity contribution in [1.82, 2.24) is 4.98 Å². The minimum absolute atomic E-state index is 0.129. The average molecular weight is 370 g/mol. The molecule has 0 spiro atoms. The van der Waals surface area contributed by atoms with E-state index in [1.807, 2.05) is 0 Å². The number of nitro groups is 1. The molecule has 0 saturated carbocycles. The molecule has 0 atom stereocenters. The van der Waals surface area contributed by atoms with Crippen LogP contribution >= 0.6 is 27.3 Å². The molecular formula is C12H8BrN3O4S. The quantitative estimate of drug-likeness (QED) is 0.506. The largest absolute Gasteiger partial charge is 0.298 e. The lowest BCUT2D eigenvalue weighted by Crippen LogP contribution is -2.12. The molecule has 2 aromatic rings. The number of aromatic nitrogens is 1. The Bertz CT molecular complexity index is 744. The van der Waals surface area contributed by atoms with Gasteiger partial charge in [-0.05, 0) is 28.1 Å². The maximum atomic E-state index is 12.0. The van der Waals surface area contributed by atoms with Crippen LogP contribution in [0.5, 0.6) is 0 Å². The second kappa shape index (κ2) is 6.10. The van der Waals surface area contributed by atoms with Gasteiger partial charge >= 0.3 is 0 Å². The zero-order valence-corrected chi connectivity index (χ0v) is 13.0. The first-order valence-corrected chi connectivity index (χ1v) is 7.27. The average Bonchev–Trinajstić information content (AvgIpc) is 2.87. The summed E-state index contributed by atoms with van der Waals surface area (Å²) < 4.78 is 0.289. The Labute approximate surface area is 131 Å². The Balaban J connectivity index is 2.22. The third kappa shape index (κ3) is 3.50. The minimum Gasteiger partial charge on any atom is -0.298 e. The molecule has 0 aliphatic rings.